The molecule has 0 atom stereocenters. The van der Waals surface area contributed by atoms with Crippen molar-refractivity contribution in [3.05, 3.63) is 65.0 Å². The average molecular weight is 330 g/mol. The molecule has 0 amide bonds. The van der Waals surface area contributed by atoms with E-state index in [0.29, 0.717) is 16.9 Å². The van der Waals surface area contributed by atoms with Gasteiger partial charge < -0.3 is 8.83 Å². The molecule has 120 valence electrons. The third-order valence-corrected chi connectivity index (χ3v) is 4.06. The molecule has 0 saturated carbocycles. The Kier molecular flexibility index (Phi) is 2.81. The zero-order chi connectivity index (χ0) is 16.8. The molecule has 5 rings (SSSR count). The largest absolute Gasteiger partial charge is 0.456 e. The van der Waals surface area contributed by atoms with Crippen LogP contribution in [0.4, 0.5) is 0 Å². The van der Waals surface area contributed by atoms with E-state index in [-0.39, 0.29) is 11.4 Å². The molecule has 7 nitrogen and oxygen atoms in total. The van der Waals surface area contributed by atoms with Gasteiger partial charge in [0.05, 0.1) is 5.39 Å². The summed E-state index contributed by atoms with van der Waals surface area (Å²) in [5, 5.41) is 14.8. The minimum Gasteiger partial charge on any atom is -0.456 e. The van der Waals surface area contributed by atoms with Gasteiger partial charge in [-0.2, -0.15) is 0 Å². The van der Waals surface area contributed by atoms with Crippen molar-refractivity contribution in [2.24, 2.45) is 0 Å². The van der Waals surface area contributed by atoms with Crippen molar-refractivity contribution in [2.45, 2.75) is 0 Å². The molecule has 1 N–H and O–H groups in total. The SMILES string of the molecule is O=c1oc2c(ccc3oc(-c4ccccc4)cc32)cc1-c1nnn[nH]1. The molecule has 0 bridgehead atoms. The minimum absolute atomic E-state index is 0.271. The quantitative estimate of drug-likeness (QED) is 0.498. The minimum atomic E-state index is -0.513. The third kappa shape index (κ3) is 2.13. The summed E-state index contributed by atoms with van der Waals surface area (Å²) in [6.07, 6.45) is 0. The topological polar surface area (TPSA) is 97.8 Å². The van der Waals surface area contributed by atoms with Gasteiger partial charge in [-0.15, -0.1) is 5.10 Å². The van der Waals surface area contributed by atoms with Gasteiger partial charge in [0.15, 0.2) is 5.82 Å². The van der Waals surface area contributed by atoms with Gasteiger partial charge in [-0.3, -0.25) is 0 Å². The maximum absolute atomic E-state index is 12.3. The third-order valence-electron chi connectivity index (χ3n) is 4.06. The molecule has 0 unspecified atom stereocenters. The van der Waals surface area contributed by atoms with E-state index in [9.17, 15) is 4.79 Å². The fourth-order valence-corrected chi connectivity index (χ4v) is 2.88. The van der Waals surface area contributed by atoms with Gasteiger partial charge in [0.2, 0.25) is 0 Å². The number of hydrogen-bond donors (Lipinski definition) is 1. The van der Waals surface area contributed by atoms with Crippen LogP contribution in [0.5, 0.6) is 0 Å². The molecule has 5 aromatic rings. The normalized spacial score (nSPS) is 11.4. The Morgan fingerprint density at radius 1 is 0.960 bits per heavy atom. The first-order chi connectivity index (χ1) is 12.3. The fraction of sp³-hybridized carbons (Fsp3) is 0. The van der Waals surface area contributed by atoms with Crippen molar-refractivity contribution in [3.63, 3.8) is 0 Å². The van der Waals surface area contributed by atoms with Gasteiger partial charge >= 0.3 is 5.63 Å². The predicted molar refractivity (Wildman–Crippen MR) is 90.9 cm³/mol. The lowest BCUT2D eigenvalue weighted by Gasteiger charge is -1.99. The van der Waals surface area contributed by atoms with Crippen LogP contribution in [0.3, 0.4) is 0 Å². The van der Waals surface area contributed by atoms with E-state index in [0.717, 1.165) is 16.3 Å². The van der Waals surface area contributed by atoms with Crippen molar-refractivity contribution in [3.8, 4) is 22.7 Å². The second-order valence-electron chi connectivity index (χ2n) is 5.57. The molecule has 3 heterocycles. The van der Waals surface area contributed by atoms with E-state index in [4.69, 9.17) is 8.83 Å². The number of nitrogens with one attached hydrogen (secondary N) is 1. The lowest BCUT2D eigenvalue weighted by atomic mass is 10.1. The van der Waals surface area contributed by atoms with Crippen LogP contribution in [0.15, 0.2) is 68.2 Å². The number of H-pyrrole nitrogens is 1. The molecule has 0 aliphatic heterocycles. The maximum atomic E-state index is 12.3. The Bertz CT molecular complexity index is 1250. The predicted octanol–water partition coefficient (Wildman–Crippen LogP) is 3.39. The standard InChI is InChI=1S/C18H10N4O3/c23-18-13(17-19-21-22-20-17)8-11-6-7-14-12(16(11)25-18)9-15(24-14)10-4-2-1-3-5-10/h1-9H,(H,19,20,21,22). The summed E-state index contributed by atoms with van der Waals surface area (Å²) in [6.45, 7) is 0. The van der Waals surface area contributed by atoms with Crippen molar-refractivity contribution in [2.75, 3.05) is 0 Å². The number of hydrogen-bond acceptors (Lipinski definition) is 6. The lowest BCUT2D eigenvalue weighted by Crippen LogP contribution is -2.03. The van der Waals surface area contributed by atoms with Gasteiger partial charge in [0.25, 0.3) is 0 Å². The Labute approximate surface area is 139 Å². The highest BCUT2D eigenvalue weighted by molar-refractivity contribution is 6.04. The summed E-state index contributed by atoms with van der Waals surface area (Å²) in [6, 6.07) is 17.0. The first-order valence-corrected chi connectivity index (χ1v) is 7.59. The fourth-order valence-electron chi connectivity index (χ4n) is 2.88. The van der Waals surface area contributed by atoms with E-state index in [2.05, 4.69) is 20.6 Å². The number of aromatic nitrogens is 4. The number of fused-ring (bicyclic) bond motifs is 3. The monoisotopic (exact) mass is 330 g/mol. The van der Waals surface area contributed by atoms with Gasteiger partial charge in [-0.05, 0) is 34.7 Å². The number of benzene rings is 2. The molecule has 0 aliphatic rings. The second kappa shape index (κ2) is 5.13. The summed E-state index contributed by atoms with van der Waals surface area (Å²) in [5.41, 5.74) is 1.86. The number of aromatic amines is 1. The van der Waals surface area contributed by atoms with E-state index < -0.39 is 5.63 Å². The van der Waals surface area contributed by atoms with Gasteiger partial charge in [0.1, 0.15) is 22.5 Å². The molecule has 0 saturated heterocycles. The van der Waals surface area contributed by atoms with Crippen molar-refractivity contribution >= 4 is 21.9 Å². The Morgan fingerprint density at radius 3 is 2.64 bits per heavy atom. The molecule has 3 aromatic heterocycles. The van der Waals surface area contributed by atoms with Crippen LogP contribution >= 0.6 is 0 Å². The summed E-state index contributed by atoms with van der Waals surface area (Å²) >= 11 is 0. The van der Waals surface area contributed by atoms with Crippen molar-refractivity contribution < 1.29 is 8.83 Å². The Morgan fingerprint density at radius 2 is 1.84 bits per heavy atom. The number of furan rings is 1. The molecule has 2 aromatic carbocycles. The zero-order valence-corrected chi connectivity index (χ0v) is 12.8. The highest BCUT2D eigenvalue weighted by Crippen LogP contribution is 2.33. The first-order valence-electron chi connectivity index (χ1n) is 7.59. The number of rotatable bonds is 2. The average Bonchev–Trinajstić information content (AvgIpc) is 3.32. The van der Waals surface area contributed by atoms with Gasteiger partial charge in [0, 0.05) is 10.9 Å². The second-order valence-corrected chi connectivity index (χ2v) is 5.57. The molecule has 0 spiro atoms. The van der Waals surface area contributed by atoms with Crippen LogP contribution in [0.2, 0.25) is 0 Å². The van der Waals surface area contributed by atoms with Gasteiger partial charge in [-0.1, -0.05) is 30.3 Å². The van der Waals surface area contributed by atoms with E-state index in [1.54, 1.807) is 6.07 Å². The van der Waals surface area contributed by atoms with Gasteiger partial charge in [-0.25, -0.2) is 9.89 Å². The van der Waals surface area contributed by atoms with Crippen LogP contribution in [-0.2, 0) is 0 Å². The van der Waals surface area contributed by atoms with Crippen LogP contribution < -0.4 is 5.63 Å². The van der Waals surface area contributed by atoms with Crippen LogP contribution in [0.1, 0.15) is 0 Å². The Balaban J connectivity index is 1.77. The molecule has 25 heavy (non-hydrogen) atoms. The highest BCUT2D eigenvalue weighted by Gasteiger charge is 2.15. The lowest BCUT2D eigenvalue weighted by molar-refractivity contribution is 0.565. The number of tetrazole rings is 1. The van der Waals surface area contributed by atoms with Crippen LogP contribution in [0.25, 0.3) is 44.7 Å². The van der Waals surface area contributed by atoms with Crippen molar-refractivity contribution in [1.29, 1.82) is 0 Å². The van der Waals surface area contributed by atoms with E-state index in [1.807, 2.05) is 48.5 Å². The highest BCUT2D eigenvalue weighted by atomic mass is 16.4. The Hall–Kier alpha value is -3.74. The van der Waals surface area contributed by atoms with Crippen molar-refractivity contribution in [1.82, 2.24) is 20.6 Å². The number of nitrogens with zero attached hydrogens (tertiary/aromatic N) is 3. The molecule has 0 radical (unpaired) electrons. The van der Waals surface area contributed by atoms with Crippen LogP contribution in [0, 0.1) is 0 Å². The smallest absolute Gasteiger partial charge is 0.347 e. The molecule has 7 heteroatoms. The molecular weight excluding hydrogens is 320 g/mol. The summed E-state index contributed by atoms with van der Waals surface area (Å²) < 4.78 is 11.5. The molecule has 0 aliphatic carbocycles. The summed E-state index contributed by atoms with van der Waals surface area (Å²) in [7, 11) is 0. The first kappa shape index (κ1) is 13.7. The van der Waals surface area contributed by atoms with E-state index >= 15 is 0 Å². The maximum Gasteiger partial charge on any atom is 0.347 e. The summed E-state index contributed by atoms with van der Waals surface area (Å²) in [5.74, 6) is 0.988. The summed E-state index contributed by atoms with van der Waals surface area (Å²) in [4.78, 5) is 12.3. The molecule has 0 fully saturated rings. The zero-order valence-electron chi connectivity index (χ0n) is 12.8. The molecular formula is C18H10N4O3. The van der Waals surface area contributed by atoms with Crippen LogP contribution in [-0.4, -0.2) is 20.6 Å². The van der Waals surface area contributed by atoms with E-state index in [1.165, 1.54) is 0 Å².